The quantitative estimate of drug-likeness (QED) is 0.0128. The van der Waals surface area contributed by atoms with Crippen LogP contribution in [0, 0.1) is 6.92 Å². The lowest BCUT2D eigenvalue weighted by Crippen LogP contribution is -2.20. The fraction of sp³-hybridized carbons (Fsp3) is 0.534. The molecule has 104 heavy (non-hydrogen) atoms. The van der Waals surface area contributed by atoms with E-state index in [1.54, 1.807) is 73.8 Å². The van der Waals surface area contributed by atoms with Crippen LogP contribution >= 0.6 is 75.5 Å². The van der Waals surface area contributed by atoms with Crippen LogP contribution in [0.3, 0.4) is 0 Å². The van der Waals surface area contributed by atoms with Crippen molar-refractivity contribution in [2.24, 2.45) is 0 Å². The molecule has 0 radical (unpaired) electrons. The summed E-state index contributed by atoms with van der Waals surface area (Å²) in [5.74, 6) is 1.20. The number of pyridine rings is 3. The largest absolute Gasteiger partial charge is 0.497 e. The number of nitrogens with zero attached hydrogens (tertiary/aromatic N) is 3. The van der Waals surface area contributed by atoms with Gasteiger partial charge in [0.15, 0.2) is 10.8 Å². The third-order valence-electron chi connectivity index (χ3n) is 14.4. The molecule has 0 spiro atoms. The van der Waals surface area contributed by atoms with E-state index in [1.165, 1.54) is 63.5 Å². The second-order valence-electron chi connectivity index (χ2n) is 24.1. The minimum atomic E-state index is -5.02. The molecule has 0 saturated heterocycles. The van der Waals surface area contributed by atoms with E-state index in [4.69, 9.17) is 78.0 Å². The molecule has 21 N–H and O–H groups in total. The molecule has 4 unspecified atom stereocenters. The number of hydrogen-bond donors (Lipinski definition) is 21. The molecule has 46 heteroatoms. The first-order chi connectivity index (χ1) is 47.7. The van der Waals surface area contributed by atoms with Gasteiger partial charge in [-0.15, -0.1) is 0 Å². The van der Waals surface area contributed by atoms with Gasteiger partial charge < -0.3 is 114 Å². The van der Waals surface area contributed by atoms with E-state index in [9.17, 15) is 65.2 Å². The van der Waals surface area contributed by atoms with Gasteiger partial charge in [0.25, 0.3) is 0 Å². The average molecular weight is 1670 g/mol. The van der Waals surface area contributed by atoms with E-state index in [1.807, 2.05) is 6.07 Å². The Morgan fingerprint density at radius 1 is 0.394 bits per heavy atom. The van der Waals surface area contributed by atoms with Crippen LogP contribution in [0.15, 0.2) is 104 Å². The number of aryl methyl sites for hydroxylation is 3. The first kappa shape index (κ1) is 98.5. The molecule has 0 saturated carbocycles. The zero-order valence-corrected chi connectivity index (χ0v) is 67.3. The van der Waals surface area contributed by atoms with E-state index in [0.717, 1.165) is 107 Å². The third-order valence-corrected chi connectivity index (χ3v) is 33.1. The van der Waals surface area contributed by atoms with E-state index in [-0.39, 0.29) is 17.3 Å². The van der Waals surface area contributed by atoms with E-state index in [0.29, 0.717) is 29.2 Å². The van der Waals surface area contributed by atoms with Gasteiger partial charge in [0, 0.05) is 38.1 Å². The fourth-order valence-corrected chi connectivity index (χ4v) is 22.2. The molecule has 0 amide bonds. The first-order valence-corrected chi connectivity index (χ1v) is 50.0. The van der Waals surface area contributed by atoms with Gasteiger partial charge in [-0.05, 0) is 134 Å². The van der Waals surface area contributed by atoms with Crippen molar-refractivity contribution in [1.82, 2.24) is 15.0 Å². The molecule has 0 fully saturated rings. The number of benzene rings is 2. The summed E-state index contributed by atoms with van der Waals surface area (Å²) in [5, 5.41) is 2.89. The maximum Gasteiger partial charge on any atom is 0.360 e. The number of nitrogens with one attached hydrogen (secondary N) is 3. The highest BCUT2D eigenvalue weighted by Crippen LogP contribution is 2.64. The summed E-state index contributed by atoms with van der Waals surface area (Å²) in [4.78, 5) is 176. The van der Waals surface area contributed by atoms with Crippen molar-refractivity contribution in [3.8, 4) is 11.5 Å². The number of hydrogen-bond acceptors (Lipinski definition) is 18. The molecule has 36 nitrogen and oxygen atoms in total. The van der Waals surface area contributed by atoms with Crippen LogP contribution < -0.4 is 25.4 Å². The number of anilines is 3. The molecular weight excluding hydrogens is 1570 g/mol. The Morgan fingerprint density at radius 2 is 0.750 bits per heavy atom. The Balaban J connectivity index is 0.000000654. The molecule has 3 aromatic heterocycles. The monoisotopic (exact) mass is 1670 g/mol. The molecule has 0 aliphatic heterocycles. The molecule has 0 aliphatic rings. The Hall–Kier alpha value is -3.53. The topological polar surface area (TPSA) is 628 Å². The minimum absolute atomic E-state index is 0.0321. The van der Waals surface area contributed by atoms with E-state index >= 15 is 0 Å². The van der Waals surface area contributed by atoms with Crippen LogP contribution in [-0.4, -0.2) is 157 Å². The zero-order chi connectivity index (χ0) is 79.8. The number of methoxy groups -OCH3 is 1. The summed E-state index contributed by atoms with van der Waals surface area (Å²) in [7, 11) is -45.8. The molecule has 2 aromatic carbocycles. The molecule has 5 aromatic rings. The fourth-order valence-electron chi connectivity index (χ4n) is 9.23. The molecule has 0 bridgehead atoms. The van der Waals surface area contributed by atoms with Gasteiger partial charge in [0.1, 0.15) is 23.1 Å². The summed E-state index contributed by atoms with van der Waals surface area (Å²) in [5.41, 5.74) is -2.24. The highest BCUT2D eigenvalue weighted by atomic mass is 31.3. The van der Waals surface area contributed by atoms with Gasteiger partial charge >= 0.3 is 60.8 Å². The van der Waals surface area contributed by atoms with E-state index < -0.39 is 116 Å². The highest BCUT2D eigenvalue weighted by Gasteiger charge is 2.46. The first-order valence-electron chi connectivity index (χ1n) is 32.2. The van der Waals surface area contributed by atoms with Crippen LogP contribution in [0.5, 0.6) is 11.5 Å². The standard InChI is InChI=1S/C15H28N2O5P2.C14H24O7P2.C12H22N2O6P2.C9H14O7P2.C8H14N2O5P2/c1-3-4-5-6-7-8-9-13-10-11-16-14(12-13)17-15(23(2,18)19)24(20,21)22;1-2-3-4-5-9-21-13-8-6-7-12(10-13)11-14(22(15,16)17)23(18,19)20;1-2-3-4-5-6-10-7-8-13-11(9-10)14-12(21(15,16)17)22(18,19)20;1-16-8-4-2-3-7(5-8)6-9(17(10,11)12)18(13,14)15;1-6-3-7(5-9-4-6)10-8(16(2,11)12)17(13,14)15/h10-12,15H,3-9H2,1-2H3,(H,16,17)(H,18,19)(H2,20,21,22);6-8,10,14H,2-5,9,11H2,1H3,(H2,15,16,17)(H2,18,19,20);7-9,12H,2-6H2,1H3,(H,13,14)(H2,15,16,17)(H2,18,19,20);2-5,9H,6H2,1H3,(H2,10,11,12)(H2,13,14,15);3-5,8,10H,1-2H3,(H,11,12)(H2,13,14,15). The van der Waals surface area contributed by atoms with Crippen molar-refractivity contribution in [1.29, 1.82) is 0 Å². The number of ether oxygens (including phenoxy) is 2. The molecular formula is C58H102N6O30P10. The summed E-state index contributed by atoms with van der Waals surface area (Å²) in [6.45, 7) is 10.5. The van der Waals surface area contributed by atoms with Gasteiger partial charge in [-0.25, -0.2) is 9.97 Å². The van der Waals surface area contributed by atoms with Gasteiger partial charge in [0.05, 0.1) is 19.4 Å². The van der Waals surface area contributed by atoms with Crippen molar-refractivity contribution in [3.05, 3.63) is 131 Å². The van der Waals surface area contributed by atoms with Gasteiger partial charge in [0.2, 0.25) is 31.3 Å². The minimum Gasteiger partial charge on any atom is -0.497 e. The summed E-state index contributed by atoms with van der Waals surface area (Å²) in [6, 6.07) is 21.0. The lowest BCUT2D eigenvalue weighted by molar-refractivity contribution is 0.304. The second kappa shape index (κ2) is 45.6. The van der Waals surface area contributed by atoms with E-state index in [2.05, 4.69) is 51.7 Å². The van der Waals surface area contributed by atoms with Gasteiger partial charge in [-0.3, -0.25) is 50.6 Å². The highest BCUT2D eigenvalue weighted by molar-refractivity contribution is 7.74. The third kappa shape index (κ3) is 41.9. The summed E-state index contributed by atoms with van der Waals surface area (Å²) < 4.78 is 123. The predicted octanol–water partition coefficient (Wildman–Crippen LogP) is 11.0. The van der Waals surface area contributed by atoms with Crippen molar-refractivity contribution in [2.45, 2.75) is 171 Å². The molecule has 4 atom stereocenters. The van der Waals surface area contributed by atoms with Crippen molar-refractivity contribution < 1.29 is 143 Å². The van der Waals surface area contributed by atoms with Crippen LogP contribution in [-0.2, 0) is 71.3 Å². The number of rotatable bonds is 39. The maximum absolute atomic E-state index is 11.7. The number of unbranched alkanes of at least 4 members (excludes halogenated alkanes) is 11. The lowest BCUT2D eigenvalue weighted by atomic mass is 10.1. The Kier molecular flexibility index (Phi) is 43.2. The number of aromatic nitrogens is 3. The van der Waals surface area contributed by atoms with Crippen molar-refractivity contribution in [2.75, 3.05) is 43.0 Å². The average Bonchev–Trinajstić information content (AvgIpc) is 0.843. The smallest absolute Gasteiger partial charge is 0.360 e. The van der Waals surface area contributed by atoms with Crippen molar-refractivity contribution in [3.63, 3.8) is 0 Å². The maximum atomic E-state index is 11.7. The molecule has 0 aliphatic carbocycles. The van der Waals surface area contributed by atoms with Crippen molar-refractivity contribution >= 4 is 92.8 Å². The van der Waals surface area contributed by atoms with Crippen LogP contribution in [0.1, 0.15) is 138 Å². The normalized spacial score (nSPS) is 14.1. The molecule has 5 rings (SSSR count). The molecule has 3 heterocycles. The Labute approximate surface area is 604 Å². The second-order valence-corrected chi connectivity index (χ2v) is 44.9. The van der Waals surface area contributed by atoms with Crippen LogP contribution in [0.4, 0.5) is 17.3 Å². The van der Waals surface area contributed by atoms with Gasteiger partial charge in [-0.2, -0.15) is 0 Å². The predicted molar refractivity (Wildman–Crippen MR) is 397 cm³/mol. The molecule has 594 valence electrons. The van der Waals surface area contributed by atoms with Gasteiger partial charge in [-0.1, -0.05) is 116 Å². The summed E-state index contributed by atoms with van der Waals surface area (Å²) in [6.07, 6.45) is 22.2. The SMILES string of the molecule is CCCCCCCCc1ccnc(NC(P(C)(=O)O)P(=O)(O)O)c1.CCCCCCOc1cccc(CC(P(=O)(O)O)P(=O)(O)O)c1.CCCCCCc1ccnc(NC(P(=O)(O)O)P(=O)(O)O)c1.COc1cccc(CC(P(=O)(O)O)P(=O)(O)O)c1.Cc1cncc(NC(P(C)(=O)O)P(=O)(O)O)c1. The Morgan fingerprint density at radius 3 is 1.12 bits per heavy atom. The van der Waals surface area contributed by atoms with Crippen LogP contribution in [0.2, 0.25) is 0 Å². The summed E-state index contributed by atoms with van der Waals surface area (Å²) >= 11 is 0. The Bertz CT molecular complexity index is 3790. The zero-order valence-electron chi connectivity index (χ0n) is 58.4. The lowest BCUT2D eigenvalue weighted by Gasteiger charge is -2.23. The van der Waals surface area contributed by atoms with Crippen LogP contribution in [0.25, 0.3) is 0 Å².